The Labute approximate surface area is 118 Å². The van der Waals surface area contributed by atoms with Crippen molar-refractivity contribution in [3.05, 3.63) is 58.9 Å². The molecule has 0 amide bonds. The second-order valence-electron chi connectivity index (χ2n) is 5.19. The first-order valence-corrected chi connectivity index (χ1v) is 6.77. The fraction of sp³-hybridized carbons (Fsp3) is 0.235. The van der Waals surface area contributed by atoms with Gasteiger partial charge in [-0.3, -0.25) is 4.98 Å². The average molecular weight is 266 g/mol. The Balaban J connectivity index is 1.90. The Kier molecular flexibility index (Phi) is 3.18. The maximum Gasteiger partial charge on any atom is 0.147 e. The van der Waals surface area contributed by atoms with Crippen molar-refractivity contribution in [2.24, 2.45) is 0 Å². The standard InChI is InChI=1S/C17H18N2O/c1-11-5-4-6-14(9-11)10-20-15-7-8-18-16-12(2)13(3)19-17(15)16/h4-9,19H,10H2,1-3H3. The lowest BCUT2D eigenvalue weighted by molar-refractivity contribution is 0.309. The third-order valence-electron chi connectivity index (χ3n) is 3.62. The van der Waals surface area contributed by atoms with E-state index >= 15 is 0 Å². The van der Waals surface area contributed by atoms with Gasteiger partial charge in [-0.25, -0.2) is 0 Å². The molecule has 2 aromatic heterocycles. The molecule has 0 saturated heterocycles. The van der Waals surface area contributed by atoms with Crippen molar-refractivity contribution < 1.29 is 4.74 Å². The van der Waals surface area contributed by atoms with E-state index in [1.165, 1.54) is 16.7 Å². The van der Waals surface area contributed by atoms with E-state index in [1.807, 2.05) is 6.07 Å². The summed E-state index contributed by atoms with van der Waals surface area (Å²) < 4.78 is 5.96. The number of nitrogens with zero attached hydrogens (tertiary/aromatic N) is 1. The normalized spacial score (nSPS) is 10.9. The average Bonchev–Trinajstić information content (AvgIpc) is 2.73. The molecule has 3 heteroatoms. The molecule has 0 spiro atoms. The highest BCUT2D eigenvalue weighted by molar-refractivity contribution is 5.85. The second kappa shape index (κ2) is 5.00. The van der Waals surface area contributed by atoms with E-state index < -0.39 is 0 Å². The van der Waals surface area contributed by atoms with Gasteiger partial charge in [-0.2, -0.15) is 0 Å². The van der Waals surface area contributed by atoms with Crippen LogP contribution in [0.15, 0.2) is 36.5 Å². The minimum Gasteiger partial charge on any atom is -0.487 e. The molecular formula is C17H18N2O. The van der Waals surface area contributed by atoms with Crippen LogP contribution in [0.3, 0.4) is 0 Å². The van der Waals surface area contributed by atoms with Crippen LogP contribution in [0.25, 0.3) is 11.0 Å². The third-order valence-corrected chi connectivity index (χ3v) is 3.62. The minimum atomic E-state index is 0.567. The summed E-state index contributed by atoms with van der Waals surface area (Å²) in [5.41, 5.74) is 6.71. The number of hydrogen-bond donors (Lipinski definition) is 1. The van der Waals surface area contributed by atoms with Crippen molar-refractivity contribution >= 4 is 11.0 Å². The second-order valence-corrected chi connectivity index (χ2v) is 5.19. The van der Waals surface area contributed by atoms with Gasteiger partial charge in [0.25, 0.3) is 0 Å². The van der Waals surface area contributed by atoms with Crippen molar-refractivity contribution in [2.45, 2.75) is 27.4 Å². The molecule has 0 aliphatic carbocycles. The Bertz CT molecular complexity index is 759. The number of pyridine rings is 1. The maximum atomic E-state index is 5.96. The van der Waals surface area contributed by atoms with Gasteiger partial charge in [-0.1, -0.05) is 29.8 Å². The summed E-state index contributed by atoms with van der Waals surface area (Å²) in [7, 11) is 0. The highest BCUT2D eigenvalue weighted by Gasteiger charge is 2.10. The molecular weight excluding hydrogens is 248 g/mol. The lowest BCUT2D eigenvalue weighted by Crippen LogP contribution is -1.96. The monoisotopic (exact) mass is 266 g/mol. The van der Waals surface area contributed by atoms with Crippen molar-refractivity contribution in [2.75, 3.05) is 0 Å². The van der Waals surface area contributed by atoms with E-state index in [1.54, 1.807) is 6.20 Å². The van der Waals surface area contributed by atoms with Crippen LogP contribution in [0, 0.1) is 20.8 Å². The Morgan fingerprint density at radius 3 is 2.80 bits per heavy atom. The van der Waals surface area contributed by atoms with E-state index in [0.29, 0.717) is 6.61 Å². The molecule has 0 saturated carbocycles. The molecule has 1 aromatic carbocycles. The number of aromatic nitrogens is 2. The Morgan fingerprint density at radius 1 is 1.15 bits per heavy atom. The number of benzene rings is 1. The van der Waals surface area contributed by atoms with Gasteiger partial charge < -0.3 is 9.72 Å². The highest BCUT2D eigenvalue weighted by atomic mass is 16.5. The minimum absolute atomic E-state index is 0.567. The topological polar surface area (TPSA) is 37.9 Å². The van der Waals surface area contributed by atoms with E-state index in [9.17, 15) is 0 Å². The van der Waals surface area contributed by atoms with Crippen LogP contribution in [0.1, 0.15) is 22.4 Å². The zero-order chi connectivity index (χ0) is 14.1. The van der Waals surface area contributed by atoms with Gasteiger partial charge >= 0.3 is 0 Å². The van der Waals surface area contributed by atoms with Gasteiger partial charge in [0.05, 0.1) is 5.52 Å². The summed E-state index contributed by atoms with van der Waals surface area (Å²) in [5.74, 6) is 0.854. The van der Waals surface area contributed by atoms with Crippen LogP contribution in [0.2, 0.25) is 0 Å². The summed E-state index contributed by atoms with van der Waals surface area (Å²) in [4.78, 5) is 7.78. The lowest BCUT2D eigenvalue weighted by atomic mass is 10.1. The van der Waals surface area contributed by atoms with Crippen LogP contribution in [0.5, 0.6) is 5.75 Å². The molecule has 0 unspecified atom stereocenters. The van der Waals surface area contributed by atoms with Gasteiger partial charge in [-0.05, 0) is 31.9 Å². The van der Waals surface area contributed by atoms with E-state index in [0.717, 1.165) is 22.5 Å². The molecule has 20 heavy (non-hydrogen) atoms. The highest BCUT2D eigenvalue weighted by Crippen LogP contribution is 2.27. The largest absolute Gasteiger partial charge is 0.487 e. The van der Waals surface area contributed by atoms with Crippen molar-refractivity contribution in [3.8, 4) is 5.75 Å². The van der Waals surface area contributed by atoms with E-state index in [2.05, 4.69) is 55.0 Å². The maximum absolute atomic E-state index is 5.96. The van der Waals surface area contributed by atoms with Gasteiger partial charge in [0.1, 0.15) is 17.9 Å². The predicted octanol–water partition coefficient (Wildman–Crippen LogP) is 4.07. The predicted molar refractivity (Wildman–Crippen MR) is 81.1 cm³/mol. The van der Waals surface area contributed by atoms with Gasteiger partial charge in [0.15, 0.2) is 0 Å². The van der Waals surface area contributed by atoms with Gasteiger partial charge in [-0.15, -0.1) is 0 Å². The molecule has 0 fully saturated rings. The first-order valence-electron chi connectivity index (χ1n) is 6.77. The molecule has 0 atom stereocenters. The molecule has 0 aliphatic rings. The van der Waals surface area contributed by atoms with E-state index in [-0.39, 0.29) is 0 Å². The van der Waals surface area contributed by atoms with Crippen LogP contribution in [-0.2, 0) is 6.61 Å². The van der Waals surface area contributed by atoms with Crippen LogP contribution >= 0.6 is 0 Å². The molecule has 102 valence electrons. The summed E-state index contributed by atoms with van der Waals surface area (Å²) in [6, 6.07) is 10.3. The third kappa shape index (κ3) is 2.27. The Morgan fingerprint density at radius 2 is 2.00 bits per heavy atom. The van der Waals surface area contributed by atoms with Crippen molar-refractivity contribution in [1.82, 2.24) is 9.97 Å². The molecule has 2 heterocycles. The van der Waals surface area contributed by atoms with Crippen LogP contribution in [0.4, 0.5) is 0 Å². The van der Waals surface area contributed by atoms with Gasteiger partial charge in [0, 0.05) is 18.0 Å². The molecule has 3 aromatic rings. The summed E-state index contributed by atoms with van der Waals surface area (Å²) in [6.07, 6.45) is 1.80. The zero-order valence-corrected chi connectivity index (χ0v) is 12.0. The quantitative estimate of drug-likeness (QED) is 0.776. The first kappa shape index (κ1) is 12.7. The zero-order valence-electron chi connectivity index (χ0n) is 12.0. The van der Waals surface area contributed by atoms with Crippen LogP contribution < -0.4 is 4.74 Å². The number of H-pyrrole nitrogens is 1. The number of fused-ring (bicyclic) bond motifs is 1. The lowest BCUT2D eigenvalue weighted by Gasteiger charge is -2.07. The number of ether oxygens (including phenoxy) is 1. The Hall–Kier alpha value is -2.29. The summed E-state index contributed by atoms with van der Waals surface area (Å²) in [5, 5.41) is 0. The number of aryl methyl sites for hydroxylation is 3. The molecule has 0 aliphatic heterocycles. The smallest absolute Gasteiger partial charge is 0.147 e. The number of rotatable bonds is 3. The summed E-state index contributed by atoms with van der Waals surface area (Å²) >= 11 is 0. The van der Waals surface area contributed by atoms with Crippen molar-refractivity contribution in [3.63, 3.8) is 0 Å². The SMILES string of the molecule is Cc1cccc(COc2ccnc3c(C)c(C)[nH]c23)c1. The summed E-state index contributed by atoms with van der Waals surface area (Å²) in [6.45, 7) is 6.79. The molecule has 0 radical (unpaired) electrons. The van der Waals surface area contributed by atoms with Gasteiger partial charge in [0.2, 0.25) is 0 Å². The van der Waals surface area contributed by atoms with E-state index in [4.69, 9.17) is 4.74 Å². The molecule has 0 bridgehead atoms. The van der Waals surface area contributed by atoms with Crippen molar-refractivity contribution in [1.29, 1.82) is 0 Å². The first-order chi connectivity index (χ1) is 9.65. The fourth-order valence-electron chi connectivity index (χ4n) is 2.39. The molecule has 3 rings (SSSR count). The fourth-order valence-corrected chi connectivity index (χ4v) is 2.39. The van der Waals surface area contributed by atoms with Crippen LogP contribution in [-0.4, -0.2) is 9.97 Å². The molecule has 3 nitrogen and oxygen atoms in total. The molecule has 1 N–H and O–H groups in total. The number of hydrogen-bond acceptors (Lipinski definition) is 2. The number of nitrogens with one attached hydrogen (secondary N) is 1. The number of aromatic amines is 1.